The van der Waals surface area contributed by atoms with Crippen molar-refractivity contribution >= 4 is 28.5 Å². The topological polar surface area (TPSA) is 123 Å². The predicted octanol–water partition coefficient (Wildman–Crippen LogP) is 3.38. The van der Waals surface area contributed by atoms with Crippen LogP contribution >= 0.6 is 0 Å². The number of anilines is 2. The van der Waals surface area contributed by atoms with Gasteiger partial charge in [-0.05, 0) is 30.7 Å². The van der Waals surface area contributed by atoms with Crippen molar-refractivity contribution in [2.75, 3.05) is 17.8 Å². The zero-order chi connectivity index (χ0) is 17.7. The van der Waals surface area contributed by atoms with E-state index in [1.165, 1.54) is 12.1 Å². The summed E-state index contributed by atoms with van der Waals surface area (Å²) in [4.78, 5) is 20.4. The maximum atomic E-state index is 11.1. The third kappa shape index (κ3) is 3.83. The van der Waals surface area contributed by atoms with Crippen LogP contribution in [0.2, 0.25) is 0 Å². The van der Waals surface area contributed by atoms with E-state index in [1.54, 1.807) is 14.0 Å². The Labute approximate surface area is 137 Å². The quantitative estimate of drug-likeness (QED) is 0.476. The number of hydrogen-bond acceptors (Lipinski definition) is 7. The minimum absolute atomic E-state index is 0.0784. The highest BCUT2D eigenvalue weighted by atomic mass is 16.6. The number of rotatable bonds is 6. The Morgan fingerprint density at radius 1 is 1.08 bits per heavy atom. The number of nitrogens with one attached hydrogen (secondary N) is 2. The van der Waals surface area contributed by atoms with E-state index < -0.39 is 15.5 Å². The highest BCUT2D eigenvalue weighted by Crippen LogP contribution is 2.29. The molecule has 2 aromatic carbocycles. The summed E-state index contributed by atoms with van der Waals surface area (Å²) >= 11 is 0. The van der Waals surface area contributed by atoms with Gasteiger partial charge >= 0.3 is 5.69 Å². The van der Waals surface area contributed by atoms with E-state index in [2.05, 4.69) is 15.8 Å². The Morgan fingerprint density at radius 2 is 1.83 bits per heavy atom. The summed E-state index contributed by atoms with van der Waals surface area (Å²) in [7, 11) is 1.80. The van der Waals surface area contributed by atoms with Gasteiger partial charge in [-0.3, -0.25) is 25.7 Å². The van der Waals surface area contributed by atoms with Crippen molar-refractivity contribution in [1.82, 2.24) is 0 Å². The molecule has 0 amide bonds. The lowest BCUT2D eigenvalue weighted by molar-refractivity contribution is -0.393. The third-order valence-electron chi connectivity index (χ3n) is 3.30. The normalized spacial score (nSPS) is 11.0. The Morgan fingerprint density at radius 3 is 2.46 bits per heavy atom. The van der Waals surface area contributed by atoms with Crippen molar-refractivity contribution in [1.29, 1.82) is 0 Å². The molecule has 0 heterocycles. The summed E-state index contributed by atoms with van der Waals surface area (Å²) in [5.41, 5.74) is 4.26. The standard InChI is InChI=1S/C15H15N5O4/c1-10(11-4-3-5-12(8-11)16-2)17-18-14-7-6-13(19(21)22)9-15(14)20(23)24/h3-9,16,18H,1-2H3/b17-10+. The molecule has 0 aliphatic carbocycles. The van der Waals surface area contributed by atoms with Crippen LogP contribution in [0.25, 0.3) is 0 Å². The van der Waals surface area contributed by atoms with Crippen LogP contribution in [0.3, 0.4) is 0 Å². The molecular formula is C15H15N5O4. The number of hydrogen-bond donors (Lipinski definition) is 2. The fourth-order valence-electron chi connectivity index (χ4n) is 1.99. The van der Waals surface area contributed by atoms with E-state index in [0.717, 1.165) is 17.3 Å². The zero-order valence-electron chi connectivity index (χ0n) is 13.0. The minimum Gasteiger partial charge on any atom is -0.388 e. The molecule has 0 bridgehead atoms. The summed E-state index contributed by atoms with van der Waals surface area (Å²) in [6.45, 7) is 1.75. The Bertz CT molecular complexity index is 819. The van der Waals surface area contributed by atoms with E-state index in [1.807, 2.05) is 24.3 Å². The maximum Gasteiger partial charge on any atom is 0.301 e. The van der Waals surface area contributed by atoms with Gasteiger partial charge in [0.2, 0.25) is 0 Å². The molecule has 0 aliphatic rings. The molecule has 9 nitrogen and oxygen atoms in total. The summed E-state index contributed by atoms with van der Waals surface area (Å²) in [5.74, 6) is 0. The van der Waals surface area contributed by atoms with Gasteiger partial charge in [0, 0.05) is 18.8 Å². The van der Waals surface area contributed by atoms with Crippen LogP contribution in [0.4, 0.5) is 22.7 Å². The second kappa shape index (κ2) is 7.18. The summed E-state index contributed by atoms with van der Waals surface area (Å²) < 4.78 is 0. The molecule has 0 aliphatic heterocycles. The average molecular weight is 329 g/mol. The van der Waals surface area contributed by atoms with E-state index in [9.17, 15) is 20.2 Å². The van der Waals surface area contributed by atoms with E-state index in [-0.39, 0.29) is 11.4 Å². The molecule has 0 aromatic heterocycles. The third-order valence-corrected chi connectivity index (χ3v) is 3.30. The summed E-state index contributed by atoms with van der Waals surface area (Å²) in [6, 6.07) is 10.8. The molecular weight excluding hydrogens is 314 g/mol. The lowest BCUT2D eigenvalue weighted by atomic mass is 10.1. The first kappa shape index (κ1) is 16.9. The monoisotopic (exact) mass is 329 g/mol. The summed E-state index contributed by atoms with van der Waals surface area (Å²) in [6.07, 6.45) is 0. The number of nitro groups is 2. The molecule has 9 heteroatoms. The first-order chi connectivity index (χ1) is 11.4. The average Bonchev–Trinajstić information content (AvgIpc) is 2.59. The van der Waals surface area contributed by atoms with Crippen molar-refractivity contribution in [3.05, 3.63) is 68.3 Å². The smallest absolute Gasteiger partial charge is 0.301 e. The highest BCUT2D eigenvalue weighted by molar-refractivity contribution is 5.99. The molecule has 0 saturated heterocycles. The molecule has 2 rings (SSSR count). The van der Waals surface area contributed by atoms with Gasteiger partial charge in [0.05, 0.1) is 21.6 Å². The van der Waals surface area contributed by atoms with Crippen LogP contribution in [-0.4, -0.2) is 22.6 Å². The van der Waals surface area contributed by atoms with Crippen molar-refractivity contribution in [3.63, 3.8) is 0 Å². The largest absolute Gasteiger partial charge is 0.388 e. The minimum atomic E-state index is -0.693. The van der Waals surface area contributed by atoms with Crippen molar-refractivity contribution in [2.45, 2.75) is 6.92 Å². The van der Waals surface area contributed by atoms with Gasteiger partial charge in [-0.15, -0.1) is 0 Å². The molecule has 0 unspecified atom stereocenters. The molecule has 0 spiro atoms. The number of nitro benzene ring substituents is 2. The Hall–Kier alpha value is -3.49. The van der Waals surface area contributed by atoms with Gasteiger partial charge in [0.15, 0.2) is 0 Å². The molecule has 2 aromatic rings. The molecule has 0 radical (unpaired) electrons. The van der Waals surface area contributed by atoms with Gasteiger partial charge in [0.25, 0.3) is 5.69 Å². The lowest BCUT2D eigenvalue weighted by Gasteiger charge is -2.06. The molecule has 24 heavy (non-hydrogen) atoms. The Balaban J connectivity index is 2.29. The number of hydrazone groups is 1. The number of non-ortho nitro benzene ring substituents is 1. The lowest BCUT2D eigenvalue weighted by Crippen LogP contribution is -2.03. The first-order valence-electron chi connectivity index (χ1n) is 6.93. The van der Waals surface area contributed by atoms with Gasteiger partial charge in [-0.1, -0.05) is 12.1 Å². The Kier molecular flexibility index (Phi) is 5.05. The maximum absolute atomic E-state index is 11.1. The molecule has 0 atom stereocenters. The van der Waals surface area contributed by atoms with Crippen LogP contribution in [-0.2, 0) is 0 Å². The van der Waals surface area contributed by atoms with Crippen molar-refractivity contribution in [2.24, 2.45) is 5.10 Å². The van der Waals surface area contributed by atoms with Crippen LogP contribution in [0.15, 0.2) is 47.6 Å². The molecule has 124 valence electrons. The van der Waals surface area contributed by atoms with Crippen LogP contribution in [0.5, 0.6) is 0 Å². The molecule has 2 N–H and O–H groups in total. The molecule has 0 saturated carbocycles. The SMILES string of the molecule is CNc1cccc(/C(C)=N/Nc2ccc([N+](=O)[O-])cc2[N+](=O)[O-])c1. The van der Waals surface area contributed by atoms with Crippen LogP contribution in [0.1, 0.15) is 12.5 Å². The zero-order valence-corrected chi connectivity index (χ0v) is 13.0. The summed E-state index contributed by atoms with van der Waals surface area (Å²) in [5, 5.41) is 28.9. The van der Waals surface area contributed by atoms with Crippen LogP contribution in [0, 0.1) is 20.2 Å². The second-order valence-electron chi connectivity index (χ2n) is 4.86. The number of nitrogens with zero attached hydrogens (tertiary/aromatic N) is 3. The fourth-order valence-corrected chi connectivity index (χ4v) is 1.99. The van der Waals surface area contributed by atoms with Crippen molar-refractivity contribution in [3.8, 4) is 0 Å². The second-order valence-corrected chi connectivity index (χ2v) is 4.86. The van der Waals surface area contributed by atoms with Gasteiger partial charge < -0.3 is 5.32 Å². The van der Waals surface area contributed by atoms with Gasteiger partial charge in [-0.25, -0.2) is 0 Å². The van der Waals surface area contributed by atoms with E-state index in [0.29, 0.717) is 5.71 Å². The van der Waals surface area contributed by atoms with Gasteiger partial charge in [0.1, 0.15) is 5.69 Å². The number of benzene rings is 2. The van der Waals surface area contributed by atoms with Crippen LogP contribution < -0.4 is 10.7 Å². The first-order valence-corrected chi connectivity index (χ1v) is 6.93. The van der Waals surface area contributed by atoms with E-state index in [4.69, 9.17) is 0 Å². The van der Waals surface area contributed by atoms with E-state index >= 15 is 0 Å². The van der Waals surface area contributed by atoms with Crippen molar-refractivity contribution < 1.29 is 9.85 Å². The van der Waals surface area contributed by atoms with Gasteiger partial charge in [-0.2, -0.15) is 5.10 Å². The molecule has 0 fully saturated rings. The fraction of sp³-hybridized carbons (Fsp3) is 0.133. The highest BCUT2D eigenvalue weighted by Gasteiger charge is 2.19. The predicted molar refractivity (Wildman–Crippen MR) is 91.6 cm³/mol.